The molecule has 6 heteroatoms. The number of carbonyl (C=O) groups excluding carboxylic acids is 1. The number of rotatable bonds is 8. The van der Waals surface area contributed by atoms with Crippen molar-refractivity contribution in [1.82, 2.24) is 5.32 Å². The summed E-state index contributed by atoms with van der Waals surface area (Å²) in [6.07, 6.45) is 0. The Bertz CT molecular complexity index is 1460. The van der Waals surface area contributed by atoms with Crippen molar-refractivity contribution in [1.29, 1.82) is 0 Å². The molecule has 0 saturated carbocycles. The molecule has 0 aliphatic carbocycles. The Balaban J connectivity index is 1.71. The summed E-state index contributed by atoms with van der Waals surface area (Å²) in [5.74, 6) is -0.399. The van der Waals surface area contributed by atoms with E-state index in [-0.39, 0.29) is 11.4 Å². The molecule has 190 valence electrons. The third-order valence-corrected chi connectivity index (χ3v) is 8.03. The second kappa shape index (κ2) is 11.0. The van der Waals surface area contributed by atoms with Crippen LogP contribution in [0.15, 0.2) is 102 Å². The summed E-state index contributed by atoms with van der Waals surface area (Å²) in [5, 5.41) is 3.09. The van der Waals surface area contributed by atoms with E-state index in [4.69, 9.17) is 0 Å². The molecule has 4 aromatic rings. The van der Waals surface area contributed by atoms with Crippen LogP contribution in [-0.4, -0.2) is 20.9 Å². The van der Waals surface area contributed by atoms with E-state index in [1.54, 1.807) is 36.4 Å². The van der Waals surface area contributed by atoms with E-state index in [9.17, 15) is 13.2 Å². The Hall–Kier alpha value is -3.90. The zero-order valence-corrected chi connectivity index (χ0v) is 22.4. The Kier molecular flexibility index (Phi) is 7.79. The molecule has 1 amide bonds. The van der Waals surface area contributed by atoms with Gasteiger partial charge in [-0.3, -0.25) is 9.10 Å². The fraction of sp³-hybridized carbons (Fsp3) is 0.194. The van der Waals surface area contributed by atoms with Crippen molar-refractivity contribution < 1.29 is 13.2 Å². The second-order valence-corrected chi connectivity index (χ2v) is 11.4. The highest BCUT2D eigenvalue weighted by molar-refractivity contribution is 7.92. The van der Waals surface area contributed by atoms with Crippen LogP contribution in [0.3, 0.4) is 0 Å². The van der Waals surface area contributed by atoms with Crippen LogP contribution in [0, 0.1) is 27.7 Å². The highest BCUT2D eigenvalue weighted by atomic mass is 32.2. The monoisotopic (exact) mass is 512 g/mol. The van der Waals surface area contributed by atoms with Gasteiger partial charge in [-0.2, -0.15) is 0 Å². The number of benzene rings is 4. The predicted molar refractivity (Wildman–Crippen MR) is 149 cm³/mol. The molecular weight excluding hydrogens is 480 g/mol. The molecule has 0 bridgehead atoms. The zero-order valence-electron chi connectivity index (χ0n) is 21.6. The minimum atomic E-state index is -4.00. The molecule has 0 heterocycles. The van der Waals surface area contributed by atoms with Gasteiger partial charge in [0, 0.05) is 0 Å². The van der Waals surface area contributed by atoms with E-state index in [1.165, 1.54) is 4.31 Å². The third kappa shape index (κ3) is 6.27. The maximum Gasteiger partial charge on any atom is 0.264 e. The number of amides is 1. The van der Waals surface area contributed by atoms with Crippen LogP contribution in [-0.2, 0) is 14.8 Å². The van der Waals surface area contributed by atoms with Crippen molar-refractivity contribution in [2.45, 2.75) is 38.6 Å². The van der Waals surface area contributed by atoms with Gasteiger partial charge in [0.2, 0.25) is 5.91 Å². The minimum Gasteiger partial charge on any atom is -0.344 e. The van der Waals surface area contributed by atoms with Gasteiger partial charge in [0.15, 0.2) is 0 Å². The lowest BCUT2D eigenvalue weighted by atomic mass is 9.98. The standard InChI is InChI=1S/C31H32N2O3S/c1-22-10-14-27(15-11-22)31(26-8-6-5-7-9-26)32-30(34)21-33(28-19-24(3)18-25(4)20-28)37(35,36)29-16-12-23(2)13-17-29/h5-20,31H,21H2,1-4H3,(H,32,34)/t31-/m1/s1. The summed E-state index contributed by atoms with van der Waals surface area (Å²) in [6, 6.07) is 29.5. The van der Waals surface area contributed by atoms with Gasteiger partial charge in [-0.25, -0.2) is 8.42 Å². The molecule has 37 heavy (non-hydrogen) atoms. The van der Waals surface area contributed by atoms with Gasteiger partial charge in [-0.15, -0.1) is 0 Å². The van der Waals surface area contributed by atoms with Crippen LogP contribution >= 0.6 is 0 Å². The number of sulfonamides is 1. The highest BCUT2D eigenvalue weighted by Crippen LogP contribution is 2.27. The molecule has 1 atom stereocenters. The van der Waals surface area contributed by atoms with E-state index < -0.39 is 22.0 Å². The van der Waals surface area contributed by atoms with Crippen LogP contribution in [0.4, 0.5) is 5.69 Å². The van der Waals surface area contributed by atoms with Gasteiger partial charge in [0.05, 0.1) is 16.6 Å². The largest absolute Gasteiger partial charge is 0.344 e. The first-order valence-electron chi connectivity index (χ1n) is 12.2. The van der Waals surface area contributed by atoms with E-state index in [2.05, 4.69) is 5.32 Å². The third-order valence-electron chi connectivity index (χ3n) is 6.24. The number of hydrogen-bond donors (Lipinski definition) is 1. The summed E-state index contributed by atoms with van der Waals surface area (Å²) in [4.78, 5) is 13.7. The Morgan fingerprint density at radius 3 is 1.78 bits per heavy atom. The first-order chi connectivity index (χ1) is 17.6. The second-order valence-electron chi connectivity index (χ2n) is 9.49. The van der Waals surface area contributed by atoms with Crippen molar-refractivity contribution >= 4 is 21.6 Å². The van der Waals surface area contributed by atoms with Gasteiger partial charge in [0.1, 0.15) is 6.54 Å². The molecule has 0 saturated heterocycles. The van der Waals surface area contributed by atoms with E-state index >= 15 is 0 Å². The van der Waals surface area contributed by atoms with Crippen molar-refractivity contribution in [3.05, 3.63) is 130 Å². The quantitative estimate of drug-likeness (QED) is 0.314. The van der Waals surface area contributed by atoms with Crippen LogP contribution in [0.1, 0.15) is 39.4 Å². The lowest BCUT2D eigenvalue weighted by Crippen LogP contribution is -2.42. The van der Waals surface area contributed by atoms with E-state index in [1.807, 2.05) is 88.4 Å². The topological polar surface area (TPSA) is 66.5 Å². The SMILES string of the molecule is Cc1ccc([C@H](NC(=O)CN(c2cc(C)cc(C)c2)S(=O)(=O)c2ccc(C)cc2)c2ccccc2)cc1. The number of nitrogens with zero attached hydrogens (tertiary/aromatic N) is 1. The smallest absolute Gasteiger partial charge is 0.264 e. The van der Waals surface area contributed by atoms with Crippen LogP contribution < -0.4 is 9.62 Å². The van der Waals surface area contributed by atoms with E-state index in [0.29, 0.717) is 5.69 Å². The normalized spacial score (nSPS) is 12.1. The molecule has 0 radical (unpaired) electrons. The van der Waals surface area contributed by atoms with Gasteiger partial charge in [0.25, 0.3) is 10.0 Å². The molecule has 0 aliphatic rings. The van der Waals surface area contributed by atoms with Crippen LogP contribution in [0.2, 0.25) is 0 Å². The van der Waals surface area contributed by atoms with Crippen molar-refractivity contribution in [3.8, 4) is 0 Å². The fourth-order valence-corrected chi connectivity index (χ4v) is 5.75. The molecule has 1 N–H and O–H groups in total. The molecule has 4 rings (SSSR count). The Morgan fingerprint density at radius 2 is 1.22 bits per heavy atom. The average Bonchev–Trinajstić information content (AvgIpc) is 2.86. The van der Waals surface area contributed by atoms with Crippen LogP contribution in [0.25, 0.3) is 0 Å². The van der Waals surface area contributed by atoms with Crippen molar-refractivity contribution in [2.24, 2.45) is 0 Å². The fourth-order valence-electron chi connectivity index (χ4n) is 4.35. The zero-order chi connectivity index (χ0) is 26.6. The Labute approximate surface area is 219 Å². The molecule has 0 aromatic heterocycles. The molecule has 0 aliphatic heterocycles. The lowest BCUT2D eigenvalue weighted by molar-refractivity contribution is -0.120. The average molecular weight is 513 g/mol. The summed E-state index contributed by atoms with van der Waals surface area (Å²) in [6.45, 7) is 7.39. The van der Waals surface area contributed by atoms with Gasteiger partial charge in [-0.1, -0.05) is 83.9 Å². The number of nitrogens with one attached hydrogen (secondary N) is 1. The molecule has 0 fully saturated rings. The van der Waals surface area contributed by atoms with Gasteiger partial charge < -0.3 is 5.32 Å². The maximum absolute atomic E-state index is 13.8. The van der Waals surface area contributed by atoms with Crippen molar-refractivity contribution in [2.75, 3.05) is 10.8 Å². The van der Waals surface area contributed by atoms with Crippen LogP contribution in [0.5, 0.6) is 0 Å². The number of aryl methyl sites for hydroxylation is 4. The summed E-state index contributed by atoms with van der Waals surface area (Å²) in [7, 11) is -4.00. The number of carbonyl (C=O) groups is 1. The minimum absolute atomic E-state index is 0.142. The first kappa shape index (κ1) is 26.2. The molecule has 0 unspecified atom stereocenters. The Morgan fingerprint density at radius 1 is 0.703 bits per heavy atom. The molecule has 0 spiro atoms. The lowest BCUT2D eigenvalue weighted by Gasteiger charge is -2.27. The number of anilines is 1. The molecule has 4 aromatic carbocycles. The van der Waals surface area contributed by atoms with Gasteiger partial charge in [-0.05, 0) is 74.2 Å². The van der Waals surface area contributed by atoms with Crippen molar-refractivity contribution in [3.63, 3.8) is 0 Å². The molecular formula is C31H32N2O3S. The number of hydrogen-bond acceptors (Lipinski definition) is 3. The van der Waals surface area contributed by atoms with Gasteiger partial charge >= 0.3 is 0 Å². The van der Waals surface area contributed by atoms with E-state index in [0.717, 1.165) is 33.4 Å². The maximum atomic E-state index is 13.8. The summed E-state index contributed by atoms with van der Waals surface area (Å²) >= 11 is 0. The predicted octanol–water partition coefficient (Wildman–Crippen LogP) is 6.02. The summed E-state index contributed by atoms with van der Waals surface area (Å²) in [5.41, 5.74) is 6.21. The summed E-state index contributed by atoms with van der Waals surface area (Å²) < 4.78 is 28.8. The first-order valence-corrected chi connectivity index (χ1v) is 13.7. The molecule has 5 nitrogen and oxygen atoms in total. The highest BCUT2D eigenvalue weighted by Gasteiger charge is 2.29.